The second-order valence-electron chi connectivity index (χ2n) is 6.25. The number of anilines is 2. The molecule has 3 rings (SSSR count). The van der Waals surface area contributed by atoms with Crippen LogP contribution >= 0.6 is 0 Å². The Hall–Kier alpha value is -2.83. The van der Waals surface area contributed by atoms with E-state index < -0.39 is 24.1 Å². The Morgan fingerprint density at radius 1 is 1.15 bits per heavy atom. The van der Waals surface area contributed by atoms with E-state index in [0.717, 1.165) is 23.4 Å². The van der Waals surface area contributed by atoms with E-state index in [0.29, 0.717) is 6.42 Å². The van der Waals surface area contributed by atoms with Crippen molar-refractivity contribution in [1.29, 1.82) is 0 Å². The molecule has 0 aliphatic carbocycles. The fourth-order valence-corrected chi connectivity index (χ4v) is 3.15. The number of nitrogens with zero attached hydrogens (tertiary/aromatic N) is 1. The molecule has 0 fully saturated rings. The molecule has 4 nitrogen and oxygen atoms in total. The molecule has 1 unspecified atom stereocenters. The fraction of sp³-hybridized carbons (Fsp3) is 0.263. The summed E-state index contributed by atoms with van der Waals surface area (Å²) in [7, 11) is 0. The summed E-state index contributed by atoms with van der Waals surface area (Å²) < 4.78 is 38.2. The Labute approximate surface area is 148 Å². The van der Waals surface area contributed by atoms with Gasteiger partial charge in [-0.1, -0.05) is 24.3 Å². The molecule has 26 heavy (non-hydrogen) atoms. The zero-order valence-corrected chi connectivity index (χ0v) is 14.0. The van der Waals surface area contributed by atoms with Crippen LogP contribution in [0.5, 0.6) is 0 Å². The summed E-state index contributed by atoms with van der Waals surface area (Å²) in [5.74, 6) is -1.03. The molecule has 2 aromatic rings. The third-order valence-corrected chi connectivity index (χ3v) is 4.26. The van der Waals surface area contributed by atoms with Gasteiger partial charge in [-0.2, -0.15) is 13.2 Å². The summed E-state index contributed by atoms with van der Waals surface area (Å²) in [5.41, 5.74) is 0.958. The van der Waals surface area contributed by atoms with Gasteiger partial charge in [0.2, 0.25) is 11.8 Å². The second kappa shape index (κ2) is 6.82. The van der Waals surface area contributed by atoms with Gasteiger partial charge in [0, 0.05) is 17.4 Å². The Morgan fingerprint density at radius 3 is 2.62 bits per heavy atom. The van der Waals surface area contributed by atoms with Crippen LogP contribution in [0.15, 0.2) is 48.5 Å². The molecule has 0 radical (unpaired) electrons. The van der Waals surface area contributed by atoms with E-state index in [1.807, 2.05) is 31.2 Å². The standard InChI is InChI=1S/C19H17F3N2O2/c1-12-9-13-5-2-3-8-16(13)24(12)18(26)11-17(25)23-15-7-4-6-14(10-15)19(20,21)22/h2-8,10,12H,9,11H2,1H3,(H,23,25). The summed E-state index contributed by atoms with van der Waals surface area (Å²) in [4.78, 5) is 26.2. The minimum atomic E-state index is -4.49. The summed E-state index contributed by atoms with van der Waals surface area (Å²) in [5, 5.41) is 2.36. The molecule has 1 heterocycles. The number of nitrogens with one attached hydrogen (secondary N) is 1. The second-order valence-corrected chi connectivity index (χ2v) is 6.25. The molecule has 0 spiro atoms. The number of hydrogen-bond donors (Lipinski definition) is 1. The highest BCUT2D eigenvalue weighted by atomic mass is 19.4. The van der Waals surface area contributed by atoms with Crippen LogP contribution in [0.1, 0.15) is 24.5 Å². The largest absolute Gasteiger partial charge is 0.416 e. The zero-order valence-electron chi connectivity index (χ0n) is 14.0. The van der Waals surface area contributed by atoms with E-state index in [1.165, 1.54) is 12.1 Å². The Balaban J connectivity index is 1.68. The van der Waals surface area contributed by atoms with Crippen molar-refractivity contribution in [1.82, 2.24) is 0 Å². The molecule has 0 bridgehead atoms. The lowest BCUT2D eigenvalue weighted by Gasteiger charge is -2.22. The van der Waals surface area contributed by atoms with Crippen LogP contribution in [0.2, 0.25) is 0 Å². The summed E-state index contributed by atoms with van der Waals surface area (Å²) in [6.07, 6.45) is -4.22. The number of rotatable bonds is 3. The summed E-state index contributed by atoms with van der Waals surface area (Å²) >= 11 is 0. The highest BCUT2D eigenvalue weighted by molar-refractivity contribution is 6.10. The van der Waals surface area contributed by atoms with Gasteiger partial charge in [-0.25, -0.2) is 0 Å². The summed E-state index contributed by atoms with van der Waals surface area (Å²) in [6, 6.07) is 11.7. The Morgan fingerprint density at radius 2 is 1.88 bits per heavy atom. The van der Waals surface area contributed by atoms with Crippen LogP contribution in [0.4, 0.5) is 24.5 Å². The minimum Gasteiger partial charge on any atom is -0.326 e. The first-order valence-corrected chi connectivity index (χ1v) is 8.13. The molecule has 0 saturated carbocycles. The number of carbonyl (C=O) groups is 2. The van der Waals surface area contributed by atoms with Crippen LogP contribution in [-0.2, 0) is 22.2 Å². The minimum absolute atomic E-state index is 0.00694. The van der Waals surface area contributed by atoms with Crippen LogP contribution in [0.3, 0.4) is 0 Å². The van der Waals surface area contributed by atoms with Crippen molar-refractivity contribution in [3.8, 4) is 0 Å². The van der Waals surface area contributed by atoms with Gasteiger partial charge in [-0.15, -0.1) is 0 Å². The average molecular weight is 362 g/mol. The molecule has 0 aromatic heterocycles. The molecule has 136 valence electrons. The molecule has 7 heteroatoms. The molecular weight excluding hydrogens is 345 g/mol. The smallest absolute Gasteiger partial charge is 0.326 e. The number of alkyl halides is 3. The van der Waals surface area contributed by atoms with Gasteiger partial charge in [0.05, 0.1) is 5.56 Å². The number of fused-ring (bicyclic) bond motifs is 1. The predicted octanol–water partition coefficient (Wildman–Crippen LogP) is 4.01. The Kier molecular flexibility index (Phi) is 4.71. The van der Waals surface area contributed by atoms with E-state index in [9.17, 15) is 22.8 Å². The lowest BCUT2D eigenvalue weighted by Crippen LogP contribution is -2.37. The molecule has 1 aliphatic rings. The van der Waals surface area contributed by atoms with E-state index in [2.05, 4.69) is 5.32 Å². The third kappa shape index (κ3) is 3.71. The van der Waals surface area contributed by atoms with Crippen molar-refractivity contribution in [3.63, 3.8) is 0 Å². The number of amides is 2. The van der Waals surface area contributed by atoms with Crippen molar-refractivity contribution in [2.24, 2.45) is 0 Å². The van der Waals surface area contributed by atoms with Crippen molar-refractivity contribution < 1.29 is 22.8 Å². The number of para-hydroxylation sites is 1. The quantitative estimate of drug-likeness (QED) is 0.839. The van der Waals surface area contributed by atoms with Crippen LogP contribution in [-0.4, -0.2) is 17.9 Å². The van der Waals surface area contributed by atoms with Gasteiger partial charge in [0.25, 0.3) is 0 Å². The van der Waals surface area contributed by atoms with Gasteiger partial charge in [-0.3, -0.25) is 9.59 Å². The first-order chi connectivity index (χ1) is 12.3. The number of benzene rings is 2. The van der Waals surface area contributed by atoms with Gasteiger partial charge in [0.1, 0.15) is 6.42 Å². The SMILES string of the molecule is CC1Cc2ccccc2N1C(=O)CC(=O)Nc1cccc(C(F)(F)F)c1. The Bertz CT molecular complexity index is 849. The van der Waals surface area contributed by atoms with E-state index in [1.54, 1.807) is 4.90 Å². The van der Waals surface area contributed by atoms with Crippen LogP contribution in [0, 0.1) is 0 Å². The maximum absolute atomic E-state index is 12.7. The molecule has 2 amide bonds. The normalized spacial score (nSPS) is 16.3. The van der Waals surface area contributed by atoms with Crippen molar-refractivity contribution >= 4 is 23.2 Å². The van der Waals surface area contributed by atoms with Gasteiger partial charge in [0.15, 0.2) is 0 Å². The average Bonchev–Trinajstić information content (AvgIpc) is 2.89. The lowest BCUT2D eigenvalue weighted by atomic mass is 10.1. The van der Waals surface area contributed by atoms with Gasteiger partial charge >= 0.3 is 6.18 Å². The van der Waals surface area contributed by atoms with Crippen LogP contribution < -0.4 is 10.2 Å². The zero-order chi connectivity index (χ0) is 18.9. The highest BCUT2D eigenvalue weighted by Gasteiger charge is 2.32. The van der Waals surface area contributed by atoms with Crippen LogP contribution in [0.25, 0.3) is 0 Å². The molecular formula is C19H17F3N2O2. The van der Waals surface area contributed by atoms with E-state index in [4.69, 9.17) is 0 Å². The highest BCUT2D eigenvalue weighted by Crippen LogP contribution is 2.33. The van der Waals surface area contributed by atoms with Crippen molar-refractivity contribution in [3.05, 3.63) is 59.7 Å². The van der Waals surface area contributed by atoms with E-state index in [-0.39, 0.29) is 17.6 Å². The molecule has 2 aromatic carbocycles. The first-order valence-electron chi connectivity index (χ1n) is 8.13. The molecule has 1 atom stereocenters. The fourth-order valence-electron chi connectivity index (χ4n) is 3.15. The molecule has 0 saturated heterocycles. The number of carbonyl (C=O) groups excluding carboxylic acids is 2. The van der Waals surface area contributed by atoms with Crippen molar-refractivity contribution in [2.45, 2.75) is 32.0 Å². The maximum Gasteiger partial charge on any atom is 0.416 e. The third-order valence-electron chi connectivity index (χ3n) is 4.26. The predicted molar refractivity (Wildman–Crippen MR) is 91.8 cm³/mol. The lowest BCUT2D eigenvalue weighted by molar-refractivity contribution is -0.137. The summed E-state index contributed by atoms with van der Waals surface area (Å²) in [6.45, 7) is 1.89. The first kappa shape index (κ1) is 18.0. The maximum atomic E-state index is 12.7. The van der Waals surface area contributed by atoms with Gasteiger partial charge < -0.3 is 10.2 Å². The number of halogens is 3. The van der Waals surface area contributed by atoms with Crippen molar-refractivity contribution in [2.75, 3.05) is 10.2 Å². The molecule has 1 N–H and O–H groups in total. The monoisotopic (exact) mass is 362 g/mol. The van der Waals surface area contributed by atoms with E-state index >= 15 is 0 Å². The number of hydrogen-bond acceptors (Lipinski definition) is 2. The molecule has 1 aliphatic heterocycles. The topological polar surface area (TPSA) is 49.4 Å². The van der Waals surface area contributed by atoms with Gasteiger partial charge in [-0.05, 0) is 43.2 Å².